The summed E-state index contributed by atoms with van der Waals surface area (Å²) in [4.78, 5) is 45.6. The van der Waals surface area contributed by atoms with Crippen LogP contribution in [-0.4, -0.2) is 34.2 Å². The lowest BCUT2D eigenvalue weighted by molar-refractivity contribution is -0.123. The minimum Gasteiger partial charge on any atom is -0.355 e. The molecule has 2 unspecified atom stereocenters. The number of para-hydroxylation sites is 1. The average Bonchev–Trinajstić information content (AvgIpc) is 3.54. The Balaban J connectivity index is 1.41. The van der Waals surface area contributed by atoms with Gasteiger partial charge in [-0.3, -0.25) is 30.2 Å². The van der Waals surface area contributed by atoms with Crippen molar-refractivity contribution in [3.63, 3.8) is 0 Å². The highest BCUT2D eigenvalue weighted by Gasteiger charge is 2.38. The van der Waals surface area contributed by atoms with E-state index >= 15 is 0 Å². The van der Waals surface area contributed by atoms with Crippen molar-refractivity contribution in [2.75, 3.05) is 6.54 Å². The zero-order chi connectivity index (χ0) is 21.8. The van der Waals surface area contributed by atoms with E-state index in [1.807, 2.05) is 37.3 Å². The van der Waals surface area contributed by atoms with Gasteiger partial charge in [0.1, 0.15) is 0 Å². The molecule has 0 bridgehead atoms. The standard InChI is InChI=1S/C23H23N5O3/c1-14-12-16(14)22(30)25-11-9-21(29)27-28-23(31)17-13-20(19-8-4-5-10-24-19)26-18-7-3-2-6-15(17)18/h2-8,10,13-14,16H,9,11-12H2,1H3,(H,25,30)(H,27,29)(H,28,31). The summed E-state index contributed by atoms with van der Waals surface area (Å²) in [5, 5.41) is 3.41. The van der Waals surface area contributed by atoms with Gasteiger partial charge in [-0.25, -0.2) is 4.98 Å². The number of nitrogens with one attached hydrogen (secondary N) is 3. The number of pyridine rings is 2. The molecule has 3 aromatic rings. The van der Waals surface area contributed by atoms with E-state index in [9.17, 15) is 14.4 Å². The molecule has 3 amide bonds. The summed E-state index contributed by atoms with van der Waals surface area (Å²) in [6.07, 6.45) is 2.63. The number of fused-ring (bicyclic) bond motifs is 1. The number of aromatic nitrogens is 2. The summed E-state index contributed by atoms with van der Waals surface area (Å²) in [6, 6.07) is 14.4. The van der Waals surface area contributed by atoms with E-state index in [-0.39, 0.29) is 30.7 Å². The fourth-order valence-electron chi connectivity index (χ4n) is 3.38. The van der Waals surface area contributed by atoms with Crippen LogP contribution in [0, 0.1) is 11.8 Å². The molecule has 3 N–H and O–H groups in total. The normalized spacial score (nSPS) is 17.1. The molecular formula is C23H23N5O3. The van der Waals surface area contributed by atoms with Gasteiger partial charge in [0, 0.05) is 30.5 Å². The molecule has 31 heavy (non-hydrogen) atoms. The van der Waals surface area contributed by atoms with Gasteiger partial charge in [-0.05, 0) is 36.6 Å². The van der Waals surface area contributed by atoms with Gasteiger partial charge in [0.05, 0.1) is 22.5 Å². The van der Waals surface area contributed by atoms with Crippen molar-refractivity contribution in [1.29, 1.82) is 0 Å². The average molecular weight is 417 g/mol. The molecule has 0 aliphatic heterocycles. The molecule has 0 radical (unpaired) electrons. The third kappa shape index (κ3) is 4.85. The van der Waals surface area contributed by atoms with Crippen LogP contribution in [0.1, 0.15) is 30.1 Å². The Morgan fingerprint density at radius 2 is 1.81 bits per heavy atom. The second-order valence-corrected chi connectivity index (χ2v) is 7.65. The molecule has 4 rings (SSSR count). The smallest absolute Gasteiger partial charge is 0.270 e. The van der Waals surface area contributed by atoms with Crippen molar-refractivity contribution >= 4 is 28.6 Å². The van der Waals surface area contributed by atoms with Crippen molar-refractivity contribution in [1.82, 2.24) is 26.1 Å². The highest BCUT2D eigenvalue weighted by molar-refractivity contribution is 6.07. The first kappa shape index (κ1) is 20.5. The van der Waals surface area contributed by atoms with Gasteiger partial charge in [-0.2, -0.15) is 0 Å². The molecule has 0 spiro atoms. The molecule has 1 fully saturated rings. The number of amides is 3. The molecule has 8 nitrogen and oxygen atoms in total. The lowest BCUT2D eigenvalue weighted by Gasteiger charge is -2.11. The quantitative estimate of drug-likeness (QED) is 0.532. The third-order valence-corrected chi connectivity index (χ3v) is 5.30. The van der Waals surface area contributed by atoms with Gasteiger partial charge in [0.15, 0.2) is 0 Å². The van der Waals surface area contributed by atoms with Crippen LogP contribution in [0.3, 0.4) is 0 Å². The molecular weight excluding hydrogens is 394 g/mol. The molecule has 158 valence electrons. The first-order valence-electron chi connectivity index (χ1n) is 10.2. The van der Waals surface area contributed by atoms with Crippen LogP contribution in [0.15, 0.2) is 54.7 Å². The van der Waals surface area contributed by atoms with Crippen molar-refractivity contribution in [2.24, 2.45) is 11.8 Å². The minimum absolute atomic E-state index is 0.0189. The molecule has 0 saturated heterocycles. The lowest BCUT2D eigenvalue weighted by Crippen LogP contribution is -2.43. The van der Waals surface area contributed by atoms with E-state index < -0.39 is 5.91 Å². The highest BCUT2D eigenvalue weighted by Crippen LogP contribution is 2.37. The Bertz CT molecular complexity index is 1130. The number of carbonyl (C=O) groups is 3. The van der Waals surface area contributed by atoms with Crippen molar-refractivity contribution in [2.45, 2.75) is 19.8 Å². The molecule has 1 aliphatic carbocycles. The van der Waals surface area contributed by atoms with Gasteiger partial charge >= 0.3 is 0 Å². The summed E-state index contributed by atoms with van der Waals surface area (Å²) in [6.45, 7) is 2.25. The van der Waals surface area contributed by atoms with Gasteiger partial charge in [-0.1, -0.05) is 31.2 Å². The van der Waals surface area contributed by atoms with Crippen LogP contribution in [0.25, 0.3) is 22.3 Å². The summed E-state index contributed by atoms with van der Waals surface area (Å²) >= 11 is 0. The number of benzene rings is 1. The number of carbonyl (C=O) groups excluding carboxylic acids is 3. The van der Waals surface area contributed by atoms with Crippen LogP contribution in [0.4, 0.5) is 0 Å². The molecule has 8 heteroatoms. The van der Waals surface area contributed by atoms with E-state index in [2.05, 4.69) is 26.1 Å². The Kier molecular flexibility index (Phi) is 5.88. The van der Waals surface area contributed by atoms with E-state index in [0.717, 1.165) is 6.42 Å². The maximum atomic E-state index is 12.8. The van der Waals surface area contributed by atoms with Gasteiger partial charge < -0.3 is 5.32 Å². The Hall–Kier alpha value is -3.81. The lowest BCUT2D eigenvalue weighted by atomic mass is 10.1. The number of hydrogen-bond acceptors (Lipinski definition) is 5. The summed E-state index contributed by atoms with van der Waals surface area (Å²) in [7, 11) is 0. The summed E-state index contributed by atoms with van der Waals surface area (Å²) in [5.41, 5.74) is 7.09. The van der Waals surface area contributed by atoms with E-state index in [1.54, 1.807) is 24.4 Å². The second kappa shape index (κ2) is 8.91. The maximum Gasteiger partial charge on any atom is 0.270 e. The predicted octanol–water partition coefficient (Wildman–Crippen LogP) is 2.22. The fourth-order valence-corrected chi connectivity index (χ4v) is 3.38. The molecule has 2 aromatic heterocycles. The van der Waals surface area contributed by atoms with Crippen molar-refractivity contribution in [3.8, 4) is 11.4 Å². The Morgan fingerprint density at radius 1 is 1.03 bits per heavy atom. The molecule has 1 saturated carbocycles. The zero-order valence-corrected chi connectivity index (χ0v) is 17.1. The fraction of sp³-hybridized carbons (Fsp3) is 0.261. The van der Waals surface area contributed by atoms with E-state index in [4.69, 9.17) is 0 Å². The first-order chi connectivity index (χ1) is 15.0. The van der Waals surface area contributed by atoms with E-state index in [0.29, 0.717) is 33.8 Å². The van der Waals surface area contributed by atoms with Gasteiger partial charge in [0.25, 0.3) is 5.91 Å². The largest absolute Gasteiger partial charge is 0.355 e. The molecule has 2 heterocycles. The SMILES string of the molecule is CC1CC1C(=O)NCCC(=O)NNC(=O)c1cc(-c2ccccn2)nc2ccccc12. The zero-order valence-electron chi connectivity index (χ0n) is 17.1. The highest BCUT2D eigenvalue weighted by atomic mass is 16.2. The van der Waals surface area contributed by atoms with Crippen molar-refractivity contribution in [3.05, 3.63) is 60.3 Å². The van der Waals surface area contributed by atoms with Gasteiger partial charge in [0.2, 0.25) is 11.8 Å². The molecule has 2 atom stereocenters. The number of nitrogens with zero attached hydrogens (tertiary/aromatic N) is 2. The van der Waals surface area contributed by atoms with Crippen LogP contribution in [0.2, 0.25) is 0 Å². The monoisotopic (exact) mass is 417 g/mol. The van der Waals surface area contributed by atoms with Crippen LogP contribution in [0.5, 0.6) is 0 Å². The van der Waals surface area contributed by atoms with Crippen LogP contribution >= 0.6 is 0 Å². The summed E-state index contributed by atoms with van der Waals surface area (Å²) in [5.74, 6) is -0.384. The first-order valence-corrected chi connectivity index (χ1v) is 10.2. The Labute approximate surface area is 179 Å². The molecule has 1 aliphatic rings. The Morgan fingerprint density at radius 3 is 2.55 bits per heavy atom. The third-order valence-electron chi connectivity index (χ3n) is 5.30. The maximum absolute atomic E-state index is 12.8. The summed E-state index contributed by atoms with van der Waals surface area (Å²) < 4.78 is 0. The second-order valence-electron chi connectivity index (χ2n) is 7.65. The van der Waals surface area contributed by atoms with Crippen LogP contribution < -0.4 is 16.2 Å². The molecule has 1 aromatic carbocycles. The number of hydrogen-bond donors (Lipinski definition) is 3. The number of hydrazine groups is 1. The number of rotatable bonds is 6. The van der Waals surface area contributed by atoms with E-state index in [1.165, 1.54) is 0 Å². The van der Waals surface area contributed by atoms with Crippen LogP contribution in [-0.2, 0) is 9.59 Å². The predicted molar refractivity (Wildman–Crippen MR) is 115 cm³/mol. The minimum atomic E-state index is -0.458. The topological polar surface area (TPSA) is 113 Å². The van der Waals surface area contributed by atoms with Gasteiger partial charge in [-0.15, -0.1) is 0 Å². The van der Waals surface area contributed by atoms with Crippen molar-refractivity contribution < 1.29 is 14.4 Å².